The molecule has 0 spiro atoms. The maximum atomic E-state index is 12.2. The zero-order valence-corrected chi connectivity index (χ0v) is 11.5. The zero-order chi connectivity index (χ0) is 14.6. The molecule has 1 saturated carbocycles. The highest BCUT2D eigenvalue weighted by atomic mass is 16.7. The molecule has 5 aliphatic rings. The first-order valence-corrected chi connectivity index (χ1v) is 7.36. The van der Waals surface area contributed by atoms with Gasteiger partial charge in [-0.3, -0.25) is 9.59 Å². The lowest BCUT2D eigenvalue weighted by molar-refractivity contribution is -0.380. The van der Waals surface area contributed by atoms with Crippen LogP contribution < -0.4 is 5.32 Å². The van der Waals surface area contributed by atoms with Crippen LogP contribution in [0.5, 0.6) is 0 Å². The first-order valence-electron chi connectivity index (χ1n) is 7.36. The Labute approximate surface area is 121 Å². The maximum Gasteiger partial charge on any atom is 0.252 e. The highest BCUT2D eigenvalue weighted by Crippen LogP contribution is 2.47. The Morgan fingerprint density at radius 3 is 2.67 bits per heavy atom. The van der Waals surface area contributed by atoms with E-state index in [-0.39, 0.29) is 30.6 Å². The van der Waals surface area contributed by atoms with E-state index in [0.717, 1.165) is 24.2 Å². The number of hydrogen-bond acceptors (Lipinski definition) is 5. The van der Waals surface area contributed by atoms with Crippen LogP contribution in [-0.2, 0) is 19.1 Å². The van der Waals surface area contributed by atoms with E-state index in [9.17, 15) is 14.7 Å². The predicted molar refractivity (Wildman–Crippen MR) is 69.4 cm³/mol. The maximum absolute atomic E-state index is 12.2. The molecular weight excluding hydrogens is 276 g/mol. The van der Waals surface area contributed by atoms with E-state index in [1.54, 1.807) is 0 Å². The molecule has 0 radical (unpaired) electrons. The number of nitrogens with one attached hydrogen (secondary N) is 1. The van der Waals surface area contributed by atoms with E-state index in [2.05, 4.69) is 5.32 Å². The van der Waals surface area contributed by atoms with E-state index >= 15 is 0 Å². The van der Waals surface area contributed by atoms with Crippen LogP contribution in [0.2, 0.25) is 0 Å². The fourth-order valence-corrected chi connectivity index (χ4v) is 3.91. The Morgan fingerprint density at radius 1 is 1.38 bits per heavy atom. The number of amides is 2. The van der Waals surface area contributed by atoms with Crippen LogP contribution in [0.4, 0.5) is 0 Å². The van der Waals surface area contributed by atoms with Gasteiger partial charge in [0.05, 0.1) is 12.2 Å². The summed E-state index contributed by atoms with van der Waals surface area (Å²) < 4.78 is 11.7. The van der Waals surface area contributed by atoms with Crippen molar-refractivity contribution in [3.8, 4) is 0 Å². The van der Waals surface area contributed by atoms with Gasteiger partial charge in [-0.2, -0.15) is 0 Å². The summed E-state index contributed by atoms with van der Waals surface area (Å²) in [5, 5.41) is 12.4. The molecule has 0 aromatic rings. The smallest absolute Gasteiger partial charge is 0.252 e. The van der Waals surface area contributed by atoms with Crippen molar-refractivity contribution >= 4 is 11.8 Å². The Morgan fingerprint density at radius 2 is 2.10 bits per heavy atom. The molecule has 7 nitrogen and oxygen atoms in total. The van der Waals surface area contributed by atoms with Crippen molar-refractivity contribution in [3.63, 3.8) is 0 Å². The second-order valence-electron chi connectivity index (χ2n) is 6.30. The van der Waals surface area contributed by atoms with Gasteiger partial charge < -0.3 is 24.8 Å². The SMILES string of the molecule is O=C(CN1C(=O)C=CC1O)N[C@]12C[C@H]3C[C@H](C[C@H](C3)O1)O2. The summed E-state index contributed by atoms with van der Waals surface area (Å²) in [7, 11) is 0. The van der Waals surface area contributed by atoms with Crippen molar-refractivity contribution in [1.82, 2.24) is 10.2 Å². The van der Waals surface area contributed by atoms with Gasteiger partial charge in [0.25, 0.3) is 5.91 Å². The molecule has 114 valence electrons. The molecule has 4 bridgehead atoms. The Kier molecular flexibility index (Phi) is 2.85. The van der Waals surface area contributed by atoms with Gasteiger partial charge >= 0.3 is 0 Å². The number of aliphatic hydroxyl groups is 1. The summed E-state index contributed by atoms with van der Waals surface area (Å²) in [4.78, 5) is 24.8. The molecular formula is C14H18N2O5. The molecule has 2 amide bonds. The number of hydrogen-bond donors (Lipinski definition) is 2. The highest BCUT2D eigenvalue weighted by Gasteiger charge is 2.54. The monoisotopic (exact) mass is 294 g/mol. The minimum Gasteiger partial charge on any atom is -0.370 e. The van der Waals surface area contributed by atoms with E-state index in [1.165, 1.54) is 12.2 Å². The average Bonchev–Trinajstić information content (AvgIpc) is 2.68. The van der Waals surface area contributed by atoms with Gasteiger partial charge in [-0.15, -0.1) is 0 Å². The molecule has 1 unspecified atom stereocenters. The van der Waals surface area contributed by atoms with Crippen LogP contribution in [-0.4, -0.2) is 52.7 Å². The lowest BCUT2D eigenvalue weighted by atomic mass is 9.77. The molecule has 2 N–H and O–H groups in total. The van der Waals surface area contributed by atoms with Crippen LogP contribution in [0.25, 0.3) is 0 Å². The molecule has 5 atom stereocenters. The zero-order valence-electron chi connectivity index (χ0n) is 11.5. The summed E-state index contributed by atoms with van der Waals surface area (Å²) in [6.07, 6.45) is 5.48. The van der Waals surface area contributed by atoms with Gasteiger partial charge in [0.2, 0.25) is 11.8 Å². The fourth-order valence-electron chi connectivity index (χ4n) is 3.91. The van der Waals surface area contributed by atoms with Crippen LogP contribution in [0.3, 0.4) is 0 Å². The minimum atomic E-state index is -1.04. The molecule has 1 aliphatic carbocycles. The summed E-state index contributed by atoms with van der Waals surface area (Å²) in [5.74, 6) is -1.26. The number of ether oxygens (including phenoxy) is 2. The fraction of sp³-hybridized carbons (Fsp3) is 0.714. The predicted octanol–water partition coefficient (Wildman–Crippen LogP) is -0.539. The molecule has 5 rings (SSSR count). The van der Waals surface area contributed by atoms with Crippen molar-refractivity contribution in [3.05, 3.63) is 12.2 Å². The van der Waals surface area contributed by atoms with E-state index < -0.39 is 12.1 Å². The van der Waals surface area contributed by atoms with Gasteiger partial charge in [-0.1, -0.05) is 0 Å². The quantitative estimate of drug-likeness (QED) is 0.730. The second kappa shape index (κ2) is 4.53. The van der Waals surface area contributed by atoms with Crippen LogP contribution in [0.15, 0.2) is 12.2 Å². The molecule has 0 aromatic heterocycles. The van der Waals surface area contributed by atoms with E-state index in [1.807, 2.05) is 0 Å². The molecule has 7 heteroatoms. The number of rotatable bonds is 3. The molecule has 0 aromatic carbocycles. The van der Waals surface area contributed by atoms with Gasteiger partial charge in [-0.25, -0.2) is 0 Å². The van der Waals surface area contributed by atoms with E-state index in [4.69, 9.17) is 9.47 Å². The normalized spacial score (nSPS) is 43.7. The Balaban J connectivity index is 1.42. The number of carbonyl (C=O) groups excluding carboxylic acids is 2. The third kappa shape index (κ3) is 2.25. The van der Waals surface area contributed by atoms with Gasteiger partial charge in [0.15, 0.2) is 0 Å². The molecule has 4 aliphatic heterocycles. The van der Waals surface area contributed by atoms with Crippen LogP contribution in [0.1, 0.15) is 25.7 Å². The largest absolute Gasteiger partial charge is 0.370 e. The molecule has 4 heterocycles. The number of nitrogens with zero attached hydrogens (tertiary/aromatic N) is 1. The Bertz CT molecular complexity index is 482. The average molecular weight is 294 g/mol. The number of aliphatic hydroxyl groups excluding tert-OH is 1. The summed E-state index contributed by atoms with van der Waals surface area (Å²) in [5.41, 5.74) is 0. The first kappa shape index (κ1) is 13.2. The van der Waals surface area contributed by atoms with Gasteiger partial charge in [0.1, 0.15) is 12.8 Å². The topological polar surface area (TPSA) is 88.1 Å². The standard InChI is InChI=1S/C14H18N2O5/c17-11(7-16-12(18)1-2-13(16)19)15-14-6-8-3-9(20-14)5-10(4-8)21-14/h1-2,8-10,12,18H,3-7H2,(H,15,17)/t8-,9+,10-,12?,14-. The molecule has 4 fully saturated rings. The summed E-state index contributed by atoms with van der Waals surface area (Å²) in [6, 6.07) is 0. The van der Waals surface area contributed by atoms with Crippen LogP contribution >= 0.6 is 0 Å². The van der Waals surface area contributed by atoms with Crippen molar-refractivity contribution in [2.45, 2.75) is 50.0 Å². The Hall–Kier alpha value is -1.44. The minimum absolute atomic E-state index is 0.150. The van der Waals surface area contributed by atoms with Crippen molar-refractivity contribution in [1.29, 1.82) is 0 Å². The highest BCUT2D eigenvalue weighted by molar-refractivity contribution is 5.93. The van der Waals surface area contributed by atoms with Gasteiger partial charge in [0, 0.05) is 18.9 Å². The van der Waals surface area contributed by atoms with Gasteiger partial charge in [-0.05, 0) is 24.8 Å². The van der Waals surface area contributed by atoms with E-state index in [0.29, 0.717) is 12.3 Å². The second-order valence-corrected chi connectivity index (χ2v) is 6.30. The van der Waals surface area contributed by atoms with Crippen molar-refractivity contribution < 1.29 is 24.2 Å². The lowest BCUT2D eigenvalue weighted by Crippen LogP contribution is -2.67. The lowest BCUT2D eigenvalue weighted by Gasteiger charge is -2.55. The first-order chi connectivity index (χ1) is 10.0. The van der Waals surface area contributed by atoms with Crippen molar-refractivity contribution in [2.75, 3.05) is 6.54 Å². The van der Waals surface area contributed by atoms with Crippen molar-refractivity contribution in [2.24, 2.45) is 5.92 Å². The summed E-state index contributed by atoms with van der Waals surface area (Å²) >= 11 is 0. The third-order valence-corrected chi connectivity index (χ3v) is 4.65. The van der Waals surface area contributed by atoms with Crippen LogP contribution in [0, 0.1) is 5.92 Å². The molecule has 3 saturated heterocycles. The summed E-state index contributed by atoms with van der Waals surface area (Å²) in [6.45, 7) is -0.207. The molecule has 21 heavy (non-hydrogen) atoms. The number of carbonyl (C=O) groups is 2. The third-order valence-electron chi connectivity index (χ3n) is 4.65.